The molecule has 0 saturated heterocycles. The van der Waals surface area contributed by atoms with Gasteiger partial charge in [-0.1, -0.05) is 42.5 Å². The van der Waals surface area contributed by atoms with Gasteiger partial charge in [0.25, 0.3) is 0 Å². The van der Waals surface area contributed by atoms with Crippen LogP contribution in [0.4, 0.5) is 0 Å². The molecule has 3 rings (SSSR count). The summed E-state index contributed by atoms with van der Waals surface area (Å²) in [5, 5.41) is 6.57. The number of benzene rings is 2. The van der Waals surface area contributed by atoms with Gasteiger partial charge in [0.1, 0.15) is 5.82 Å². The molecule has 2 aromatic carbocycles. The zero-order valence-electron chi connectivity index (χ0n) is 18.2. The maximum atomic E-state index is 11.8. The van der Waals surface area contributed by atoms with E-state index < -0.39 is 9.84 Å². The van der Waals surface area contributed by atoms with E-state index in [-0.39, 0.29) is 0 Å². The third-order valence-electron chi connectivity index (χ3n) is 4.81. The van der Waals surface area contributed by atoms with E-state index in [4.69, 9.17) is 0 Å². The minimum absolute atomic E-state index is 0.357. The highest BCUT2D eigenvalue weighted by molar-refractivity contribution is 7.90. The number of imidazole rings is 1. The van der Waals surface area contributed by atoms with Crippen LogP contribution in [0, 0.1) is 6.92 Å². The van der Waals surface area contributed by atoms with Crippen molar-refractivity contribution >= 4 is 15.8 Å². The molecular formula is C23H29N5O2S. The highest BCUT2D eigenvalue weighted by atomic mass is 32.2. The van der Waals surface area contributed by atoms with Gasteiger partial charge in [-0.25, -0.2) is 18.4 Å². The molecule has 3 aromatic rings. The summed E-state index contributed by atoms with van der Waals surface area (Å²) >= 11 is 0. The Kier molecular flexibility index (Phi) is 7.46. The van der Waals surface area contributed by atoms with Crippen LogP contribution in [-0.4, -0.2) is 36.7 Å². The number of nitrogens with one attached hydrogen (secondary N) is 2. The van der Waals surface area contributed by atoms with E-state index >= 15 is 0 Å². The van der Waals surface area contributed by atoms with Gasteiger partial charge in [0, 0.05) is 31.7 Å². The van der Waals surface area contributed by atoms with Crippen LogP contribution in [-0.2, 0) is 29.5 Å². The van der Waals surface area contributed by atoms with E-state index in [1.54, 1.807) is 19.2 Å². The van der Waals surface area contributed by atoms with Crippen LogP contribution in [0.2, 0.25) is 0 Å². The van der Waals surface area contributed by atoms with Crippen molar-refractivity contribution in [3.63, 3.8) is 0 Å². The quantitative estimate of drug-likeness (QED) is 0.416. The zero-order valence-corrected chi connectivity index (χ0v) is 19.0. The molecule has 0 aliphatic heterocycles. The molecule has 0 spiro atoms. The first-order chi connectivity index (χ1) is 14.9. The van der Waals surface area contributed by atoms with Crippen molar-refractivity contribution in [2.75, 3.05) is 12.8 Å². The first kappa shape index (κ1) is 22.6. The summed E-state index contributed by atoms with van der Waals surface area (Å²) in [6, 6.07) is 15.6. The predicted molar refractivity (Wildman–Crippen MR) is 124 cm³/mol. The van der Waals surface area contributed by atoms with E-state index in [0.29, 0.717) is 23.9 Å². The van der Waals surface area contributed by atoms with Gasteiger partial charge in [0.05, 0.1) is 18.0 Å². The molecule has 164 valence electrons. The molecule has 0 bridgehead atoms. The Hall–Kier alpha value is -3.13. The molecule has 1 aromatic heterocycles. The summed E-state index contributed by atoms with van der Waals surface area (Å²) in [7, 11) is -3.22. The van der Waals surface area contributed by atoms with Gasteiger partial charge in [-0.2, -0.15) is 0 Å². The van der Waals surface area contributed by atoms with Crippen molar-refractivity contribution in [1.29, 1.82) is 0 Å². The topological polar surface area (TPSA) is 88.4 Å². The second-order valence-electron chi connectivity index (χ2n) is 7.38. The van der Waals surface area contributed by atoms with Crippen LogP contribution in [0.3, 0.4) is 0 Å². The summed E-state index contributed by atoms with van der Waals surface area (Å²) in [6.45, 7) is 6.29. The van der Waals surface area contributed by atoms with E-state index in [9.17, 15) is 8.42 Å². The predicted octanol–water partition coefficient (Wildman–Crippen LogP) is 2.90. The Labute approximate surface area is 184 Å². The standard InChI is InChI=1S/C23H29N5O2S/c1-4-24-23(26-15-20-10-11-21(18(2)14-20)31(3,29)30)27-16-22-25-12-13-28(22)17-19-8-6-5-7-9-19/h5-14H,4,15-17H2,1-3H3,(H2,24,26,27). The number of hydrogen-bond acceptors (Lipinski definition) is 4. The smallest absolute Gasteiger partial charge is 0.191 e. The molecule has 0 amide bonds. The minimum atomic E-state index is -3.22. The van der Waals surface area contributed by atoms with Crippen molar-refractivity contribution in [3.05, 3.63) is 83.4 Å². The molecule has 0 fully saturated rings. The first-order valence-electron chi connectivity index (χ1n) is 10.2. The van der Waals surface area contributed by atoms with Crippen molar-refractivity contribution in [2.45, 2.75) is 38.4 Å². The lowest BCUT2D eigenvalue weighted by Crippen LogP contribution is -2.37. The molecule has 1 heterocycles. The lowest BCUT2D eigenvalue weighted by Gasteiger charge is -2.13. The molecule has 0 unspecified atom stereocenters. The number of aromatic nitrogens is 2. The fraction of sp³-hybridized carbons (Fsp3) is 0.304. The molecule has 0 radical (unpaired) electrons. The second-order valence-corrected chi connectivity index (χ2v) is 9.36. The molecule has 8 heteroatoms. The number of sulfone groups is 1. The summed E-state index contributed by atoms with van der Waals surface area (Å²) in [6.07, 6.45) is 5.00. The maximum absolute atomic E-state index is 11.8. The minimum Gasteiger partial charge on any atom is -0.357 e. The van der Waals surface area contributed by atoms with E-state index in [1.807, 2.05) is 43.5 Å². The number of aliphatic imine (C=N–C) groups is 1. The average molecular weight is 440 g/mol. The fourth-order valence-corrected chi connectivity index (χ4v) is 4.29. The summed E-state index contributed by atoms with van der Waals surface area (Å²) in [5.41, 5.74) is 2.90. The molecule has 31 heavy (non-hydrogen) atoms. The van der Waals surface area contributed by atoms with Crippen LogP contribution in [0.25, 0.3) is 0 Å². The maximum Gasteiger partial charge on any atom is 0.191 e. The molecular weight excluding hydrogens is 410 g/mol. The van der Waals surface area contributed by atoms with Crippen molar-refractivity contribution in [2.24, 2.45) is 4.99 Å². The van der Waals surface area contributed by atoms with Gasteiger partial charge in [-0.3, -0.25) is 0 Å². The van der Waals surface area contributed by atoms with Crippen molar-refractivity contribution < 1.29 is 8.42 Å². The number of guanidine groups is 1. The van der Waals surface area contributed by atoms with Gasteiger partial charge in [0.2, 0.25) is 0 Å². The molecule has 7 nitrogen and oxygen atoms in total. The molecule has 0 atom stereocenters. The van der Waals surface area contributed by atoms with Gasteiger partial charge in [-0.05, 0) is 36.6 Å². The Balaban J connectivity index is 1.66. The average Bonchev–Trinajstić information content (AvgIpc) is 3.17. The summed E-state index contributed by atoms with van der Waals surface area (Å²) in [4.78, 5) is 9.46. The van der Waals surface area contributed by atoms with Crippen LogP contribution in [0.15, 0.2) is 70.8 Å². The highest BCUT2D eigenvalue weighted by Gasteiger charge is 2.11. The van der Waals surface area contributed by atoms with Crippen LogP contribution < -0.4 is 10.6 Å². The van der Waals surface area contributed by atoms with E-state index in [0.717, 1.165) is 30.0 Å². The second kappa shape index (κ2) is 10.3. The molecule has 2 N–H and O–H groups in total. The summed E-state index contributed by atoms with van der Waals surface area (Å²) in [5.74, 6) is 1.60. The van der Waals surface area contributed by atoms with Crippen molar-refractivity contribution in [1.82, 2.24) is 20.2 Å². The molecule has 0 saturated carbocycles. The third-order valence-corrected chi connectivity index (χ3v) is 6.07. The fourth-order valence-electron chi connectivity index (χ4n) is 3.33. The zero-order chi connectivity index (χ0) is 22.3. The number of nitrogens with zero attached hydrogens (tertiary/aromatic N) is 3. The van der Waals surface area contributed by atoms with Gasteiger partial charge >= 0.3 is 0 Å². The third kappa shape index (κ3) is 6.42. The largest absolute Gasteiger partial charge is 0.357 e. The Morgan fingerprint density at radius 3 is 2.55 bits per heavy atom. The molecule has 0 aliphatic rings. The van der Waals surface area contributed by atoms with Crippen LogP contribution >= 0.6 is 0 Å². The SMILES string of the molecule is CCNC(=NCc1ccc(S(C)(=O)=O)c(C)c1)NCc1nccn1Cc1ccccc1. The Morgan fingerprint density at radius 1 is 1.10 bits per heavy atom. The Bertz CT molecular complexity index is 1140. The number of aryl methyl sites for hydroxylation is 1. The van der Waals surface area contributed by atoms with Gasteiger partial charge in [-0.15, -0.1) is 0 Å². The van der Waals surface area contributed by atoms with E-state index in [1.165, 1.54) is 11.8 Å². The number of rotatable bonds is 8. The van der Waals surface area contributed by atoms with Crippen LogP contribution in [0.5, 0.6) is 0 Å². The van der Waals surface area contributed by atoms with E-state index in [2.05, 4.69) is 37.3 Å². The van der Waals surface area contributed by atoms with Crippen molar-refractivity contribution in [3.8, 4) is 0 Å². The highest BCUT2D eigenvalue weighted by Crippen LogP contribution is 2.17. The lowest BCUT2D eigenvalue weighted by molar-refractivity contribution is 0.601. The van der Waals surface area contributed by atoms with Gasteiger partial charge in [0.15, 0.2) is 15.8 Å². The normalized spacial score (nSPS) is 12.0. The lowest BCUT2D eigenvalue weighted by atomic mass is 10.1. The van der Waals surface area contributed by atoms with Gasteiger partial charge < -0.3 is 15.2 Å². The number of hydrogen-bond donors (Lipinski definition) is 2. The van der Waals surface area contributed by atoms with Crippen LogP contribution in [0.1, 0.15) is 29.4 Å². The molecule has 0 aliphatic carbocycles. The monoisotopic (exact) mass is 439 g/mol. The Morgan fingerprint density at radius 2 is 1.87 bits per heavy atom. The summed E-state index contributed by atoms with van der Waals surface area (Å²) < 4.78 is 25.7. The first-order valence-corrected chi connectivity index (χ1v) is 12.1.